The average Bonchev–Trinajstić information content (AvgIpc) is 3.41. The Labute approximate surface area is 174 Å². The van der Waals surface area contributed by atoms with Crippen LogP contribution in [-0.2, 0) is 28.5 Å². The summed E-state index contributed by atoms with van der Waals surface area (Å²) in [5, 5.41) is 14.5. The van der Waals surface area contributed by atoms with Gasteiger partial charge >= 0.3 is 12.1 Å². The number of esters is 1. The zero-order valence-electron chi connectivity index (χ0n) is 16.5. The second-order valence-corrected chi connectivity index (χ2v) is 7.55. The molecule has 1 aromatic carbocycles. The lowest BCUT2D eigenvalue weighted by molar-refractivity contribution is -0.148. The fourth-order valence-corrected chi connectivity index (χ4v) is 4.43. The van der Waals surface area contributed by atoms with E-state index in [4.69, 9.17) is 4.74 Å². The number of fused-ring (bicyclic) bond motifs is 5. The van der Waals surface area contributed by atoms with E-state index in [2.05, 4.69) is 25.4 Å². The van der Waals surface area contributed by atoms with Crippen molar-refractivity contribution in [1.29, 1.82) is 0 Å². The molecule has 3 aromatic heterocycles. The number of hydrogen-bond acceptors (Lipinski definition) is 5. The Kier molecular flexibility index (Phi) is 4.45. The number of nitrogens with zero attached hydrogens (tertiary/aromatic N) is 3. The van der Waals surface area contributed by atoms with Crippen molar-refractivity contribution >= 4 is 27.8 Å². The van der Waals surface area contributed by atoms with Crippen LogP contribution in [0.2, 0.25) is 0 Å². The van der Waals surface area contributed by atoms with Gasteiger partial charge in [-0.15, -0.1) is 0 Å². The average molecular weight is 429 g/mol. The van der Waals surface area contributed by atoms with Crippen molar-refractivity contribution in [2.75, 3.05) is 6.61 Å². The number of ether oxygens (including phenoxy) is 1. The largest absolute Gasteiger partial charge is 0.466 e. The van der Waals surface area contributed by atoms with Crippen LogP contribution in [0, 0.1) is 5.92 Å². The van der Waals surface area contributed by atoms with Crippen molar-refractivity contribution in [3.05, 3.63) is 41.3 Å². The number of aromatic amines is 2. The number of benzene rings is 1. The van der Waals surface area contributed by atoms with Crippen molar-refractivity contribution in [3.8, 4) is 11.3 Å². The molecule has 0 amide bonds. The molecule has 5 rings (SSSR count). The van der Waals surface area contributed by atoms with Crippen molar-refractivity contribution in [3.63, 3.8) is 0 Å². The van der Waals surface area contributed by atoms with Crippen LogP contribution < -0.4 is 0 Å². The molecule has 1 atom stereocenters. The number of hydrogen-bond donors (Lipinski definition) is 2. The van der Waals surface area contributed by atoms with Gasteiger partial charge in [0.25, 0.3) is 0 Å². The van der Waals surface area contributed by atoms with E-state index >= 15 is 0 Å². The first-order valence-electron chi connectivity index (χ1n) is 9.94. The molecular weight excluding hydrogens is 411 g/mol. The number of nitrogens with one attached hydrogen (secondary N) is 2. The first-order valence-corrected chi connectivity index (χ1v) is 9.94. The Bertz CT molecular complexity index is 1310. The minimum absolute atomic E-state index is 0.123. The van der Waals surface area contributed by atoms with E-state index in [1.54, 1.807) is 25.3 Å². The van der Waals surface area contributed by atoms with Crippen LogP contribution in [0.15, 0.2) is 24.5 Å². The molecule has 2 N–H and O–H groups in total. The summed E-state index contributed by atoms with van der Waals surface area (Å²) in [5.74, 6) is -0.779. The number of rotatable bonds is 3. The molecule has 3 heterocycles. The highest BCUT2D eigenvalue weighted by atomic mass is 19.4. The summed E-state index contributed by atoms with van der Waals surface area (Å²) in [6, 6.07) is 3.57. The third-order valence-corrected chi connectivity index (χ3v) is 5.76. The van der Waals surface area contributed by atoms with Crippen LogP contribution in [0.25, 0.3) is 33.1 Å². The second-order valence-electron chi connectivity index (χ2n) is 7.55. The number of aromatic nitrogens is 5. The van der Waals surface area contributed by atoms with Crippen LogP contribution in [-0.4, -0.2) is 38.0 Å². The summed E-state index contributed by atoms with van der Waals surface area (Å²) in [4.78, 5) is 17.0. The lowest BCUT2D eigenvalue weighted by Crippen LogP contribution is -2.26. The lowest BCUT2D eigenvalue weighted by Gasteiger charge is -2.26. The van der Waals surface area contributed by atoms with E-state index < -0.39 is 17.8 Å². The Morgan fingerprint density at radius 1 is 1.29 bits per heavy atom. The van der Waals surface area contributed by atoms with E-state index in [1.165, 1.54) is 6.20 Å². The molecule has 10 heteroatoms. The number of halogens is 3. The number of aryl methyl sites for hydroxylation is 1. The minimum atomic E-state index is -4.64. The summed E-state index contributed by atoms with van der Waals surface area (Å²) >= 11 is 0. The van der Waals surface area contributed by atoms with E-state index in [0.29, 0.717) is 23.9 Å². The maximum absolute atomic E-state index is 13.6. The Morgan fingerprint density at radius 2 is 2.13 bits per heavy atom. The van der Waals surface area contributed by atoms with Crippen LogP contribution in [0.5, 0.6) is 0 Å². The van der Waals surface area contributed by atoms with Crippen molar-refractivity contribution < 1.29 is 22.7 Å². The fourth-order valence-electron chi connectivity index (χ4n) is 4.43. The highest BCUT2D eigenvalue weighted by Crippen LogP contribution is 2.42. The molecule has 4 aromatic rings. The zero-order valence-corrected chi connectivity index (χ0v) is 16.5. The molecule has 160 valence electrons. The van der Waals surface area contributed by atoms with Gasteiger partial charge in [-0.05, 0) is 49.4 Å². The predicted molar refractivity (Wildman–Crippen MR) is 106 cm³/mol. The molecule has 1 aliphatic rings. The summed E-state index contributed by atoms with van der Waals surface area (Å²) < 4.78 is 45.9. The van der Waals surface area contributed by atoms with Gasteiger partial charge in [0.1, 0.15) is 0 Å². The van der Waals surface area contributed by atoms with Crippen molar-refractivity contribution in [2.24, 2.45) is 5.92 Å². The number of carbonyl (C=O) groups is 1. The molecule has 1 aliphatic carbocycles. The van der Waals surface area contributed by atoms with Gasteiger partial charge in [-0.25, -0.2) is 4.98 Å². The molecule has 0 bridgehead atoms. The summed E-state index contributed by atoms with van der Waals surface area (Å²) in [6.07, 6.45) is -0.409. The van der Waals surface area contributed by atoms with Gasteiger partial charge in [0, 0.05) is 17.0 Å². The Hall–Kier alpha value is -3.43. The quantitative estimate of drug-likeness (QED) is 0.476. The fraction of sp³-hybridized carbons (Fsp3) is 0.333. The van der Waals surface area contributed by atoms with Crippen molar-refractivity contribution in [2.45, 2.75) is 32.4 Å². The molecule has 1 unspecified atom stereocenters. The monoisotopic (exact) mass is 429 g/mol. The maximum atomic E-state index is 13.6. The molecule has 31 heavy (non-hydrogen) atoms. The third kappa shape index (κ3) is 3.13. The second kappa shape index (κ2) is 7.07. The van der Waals surface area contributed by atoms with Gasteiger partial charge in [-0.2, -0.15) is 23.4 Å². The Morgan fingerprint density at radius 3 is 2.90 bits per heavy atom. The SMILES string of the molecule is CCOC(=O)C1CCc2c(c(-c3c[nH]nc3C(F)(F)F)nc3ccc4[nH]ncc4c23)C1. The highest BCUT2D eigenvalue weighted by molar-refractivity contribution is 6.07. The minimum Gasteiger partial charge on any atom is -0.466 e. The lowest BCUT2D eigenvalue weighted by atomic mass is 9.80. The number of pyridine rings is 1. The predicted octanol–water partition coefficient (Wildman–Crippen LogP) is 4.19. The highest BCUT2D eigenvalue weighted by Gasteiger charge is 2.39. The van der Waals surface area contributed by atoms with Gasteiger partial charge in [-0.3, -0.25) is 15.0 Å². The molecule has 0 fully saturated rings. The number of carbonyl (C=O) groups excluding carboxylic acids is 1. The third-order valence-electron chi connectivity index (χ3n) is 5.76. The van der Waals surface area contributed by atoms with E-state index in [0.717, 1.165) is 21.9 Å². The van der Waals surface area contributed by atoms with E-state index in [1.807, 2.05) is 0 Å². The zero-order chi connectivity index (χ0) is 21.8. The molecule has 0 aliphatic heterocycles. The summed E-state index contributed by atoms with van der Waals surface area (Å²) in [6.45, 7) is 1.98. The van der Waals surface area contributed by atoms with Crippen LogP contribution in [0.4, 0.5) is 13.2 Å². The molecule has 0 spiro atoms. The molecule has 0 radical (unpaired) electrons. The first kappa shape index (κ1) is 19.5. The van der Waals surface area contributed by atoms with Gasteiger partial charge in [0.2, 0.25) is 0 Å². The van der Waals surface area contributed by atoms with Gasteiger partial charge in [0.05, 0.1) is 41.0 Å². The van der Waals surface area contributed by atoms with Crippen LogP contribution in [0.3, 0.4) is 0 Å². The smallest absolute Gasteiger partial charge is 0.435 e. The van der Waals surface area contributed by atoms with Crippen molar-refractivity contribution in [1.82, 2.24) is 25.4 Å². The maximum Gasteiger partial charge on any atom is 0.435 e. The van der Waals surface area contributed by atoms with Gasteiger partial charge in [0.15, 0.2) is 5.69 Å². The summed E-state index contributed by atoms with van der Waals surface area (Å²) in [5.41, 5.74) is 1.95. The molecule has 7 nitrogen and oxygen atoms in total. The normalized spacial score (nSPS) is 16.6. The van der Waals surface area contributed by atoms with E-state index in [9.17, 15) is 18.0 Å². The standard InChI is InChI=1S/C21H18F3N5O2/c1-2-31-20(30)10-3-4-11-12(7-10)18(14-9-26-29-19(14)21(22,23)24)27-16-6-5-15-13(17(11)16)8-25-28-15/h5-6,8-10H,2-4,7H2,1H3,(H,25,28)(H,26,29). The molecule has 0 saturated heterocycles. The summed E-state index contributed by atoms with van der Waals surface area (Å²) in [7, 11) is 0. The first-order chi connectivity index (χ1) is 14.9. The Balaban J connectivity index is 1.78. The van der Waals surface area contributed by atoms with Gasteiger partial charge < -0.3 is 4.74 Å². The molecule has 0 saturated carbocycles. The van der Waals surface area contributed by atoms with Crippen LogP contribution in [0.1, 0.15) is 30.2 Å². The number of H-pyrrole nitrogens is 2. The van der Waals surface area contributed by atoms with E-state index in [-0.39, 0.29) is 30.3 Å². The number of alkyl halides is 3. The van der Waals surface area contributed by atoms with Crippen LogP contribution >= 0.6 is 0 Å². The molecular formula is C21H18F3N5O2. The van der Waals surface area contributed by atoms with Gasteiger partial charge in [-0.1, -0.05) is 0 Å². The topological polar surface area (TPSA) is 96.5 Å².